The van der Waals surface area contributed by atoms with Crippen molar-refractivity contribution >= 4 is 33.4 Å². The second kappa shape index (κ2) is 4.86. The average Bonchev–Trinajstić information content (AvgIpc) is 3.12. The zero-order chi connectivity index (χ0) is 14.3. The summed E-state index contributed by atoms with van der Waals surface area (Å²) in [7, 11) is 1.70. The van der Waals surface area contributed by atoms with Crippen LogP contribution in [-0.4, -0.2) is 33.9 Å². The summed E-state index contributed by atoms with van der Waals surface area (Å²) in [5.41, 5.74) is 0.934. The Morgan fingerprint density at radius 1 is 1.40 bits per heavy atom. The Morgan fingerprint density at radius 3 is 2.80 bits per heavy atom. The molecule has 1 aromatic heterocycles. The zero-order valence-corrected chi connectivity index (χ0v) is 11.8. The van der Waals surface area contributed by atoms with E-state index >= 15 is 0 Å². The highest BCUT2D eigenvalue weighted by Crippen LogP contribution is 2.40. The van der Waals surface area contributed by atoms with Gasteiger partial charge in [-0.3, -0.25) is 9.59 Å². The average molecular weight is 290 g/mol. The normalized spacial score (nSPS) is 20.9. The third-order valence-electron chi connectivity index (χ3n) is 3.51. The second-order valence-electron chi connectivity index (χ2n) is 5.06. The Bertz CT molecular complexity index is 649. The Balaban J connectivity index is 1.68. The van der Waals surface area contributed by atoms with E-state index in [2.05, 4.69) is 4.98 Å². The molecule has 1 aliphatic rings. The van der Waals surface area contributed by atoms with Gasteiger partial charge in [-0.15, -0.1) is 11.3 Å². The standard InChI is InChI=1S/C14H14N2O3S/c1-16(13(17)8-6-9(8)14(18)19)7-12-15-10-4-2-3-5-11(10)20-12/h2-5,8-9H,6-7H2,1H3,(H,18,19). The van der Waals surface area contributed by atoms with Gasteiger partial charge < -0.3 is 10.0 Å². The molecule has 1 N–H and O–H groups in total. The molecule has 1 aliphatic carbocycles. The summed E-state index contributed by atoms with van der Waals surface area (Å²) in [6.07, 6.45) is 0.457. The first-order chi connectivity index (χ1) is 9.56. The van der Waals surface area contributed by atoms with Crippen LogP contribution in [0.4, 0.5) is 0 Å². The molecule has 5 nitrogen and oxygen atoms in total. The molecule has 1 aromatic carbocycles. The van der Waals surface area contributed by atoms with E-state index in [4.69, 9.17) is 5.11 Å². The van der Waals surface area contributed by atoms with E-state index in [-0.39, 0.29) is 11.8 Å². The van der Waals surface area contributed by atoms with E-state index in [0.717, 1.165) is 15.2 Å². The van der Waals surface area contributed by atoms with E-state index < -0.39 is 11.9 Å². The first-order valence-electron chi connectivity index (χ1n) is 6.38. The van der Waals surface area contributed by atoms with Gasteiger partial charge in [-0.2, -0.15) is 0 Å². The summed E-state index contributed by atoms with van der Waals surface area (Å²) in [6.45, 7) is 0.432. The highest BCUT2D eigenvalue weighted by Gasteiger charge is 2.49. The van der Waals surface area contributed by atoms with Crippen LogP contribution in [0.15, 0.2) is 24.3 Å². The maximum Gasteiger partial charge on any atom is 0.307 e. The molecule has 104 valence electrons. The number of para-hydroxylation sites is 1. The van der Waals surface area contributed by atoms with Crippen LogP contribution in [0, 0.1) is 11.8 Å². The van der Waals surface area contributed by atoms with Crippen molar-refractivity contribution in [1.82, 2.24) is 9.88 Å². The van der Waals surface area contributed by atoms with Crippen molar-refractivity contribution in [3.8, 4) is 0 Å². The third-order valence-corrected chi connectivity index (χ3v) is 4.53. The number of carboxylic acids is 1. The quantitative estimate of drug-likeness (QED) is 0.934. The molecular formula is C14H14N2O3S. The summed E-state index contributed by atoms with van der Waals surface area (Å²) in [5, 5.41) is 9.73. The van der Waals surface area contributed by atoms with Gasteiger partial charge in [0.05, 0.1) is 28.6 Å². The molecule has 0 aliphatic heterocycles. The van der Waals surface area contributed by atoms with Gasteiger partial charge in [-0.05, 0) is 18.6 Å². The van der Waals surface area contributed by atoms with Crippen molar-refractivity contribution in [2.24, 2.45) is 11.8 Å². The molecule has 0 spiro atoms. The largest absolute Gasteiger partial charge is 0.481 e. The highest BCUT2D eigenvalue weighted by atomic mass is 32.1. The summed E-state index contributed by atoms with van der Waals surface area (Å²) < 4.78 is 1.10. The van der Waals surface area contributed by atoms with Gasteiger partial charge in [-0.25, -0.2) is 4.98 Å². The van der Waals surface area contributed by atoms with Gasteiger partial charge in [0.15, 0.2) is 0 Å². The molecular weight excluding hydrogens is 276 g/mol. The Labute approximate surface area is 119 Å². The molecule has 1 saturated carbocycles. The van der Waals surface area contributed by atoms with E-state index in [1.165, 1.54) is 0 Å². The molecule has 0 saturated heterocycles. The number of fused-ring (bicyclic) bond motifs is 1. The van der Waals surface area contributed by atoms with Crippen LogP contribution >= 0.6 is 11.3 Å². The van der Waals surface area contributed by atoms with Gasteiger partial charge in [0.25, 0.3) is 0 Å². The fourth-order valence-corrected chi connectivity index (χ4v) is 3.31. The number of amides is 1. The smallest absolute Gasteiger partial charge is 0.307 e. The van der Waals surface area contributed by atoms with Gasteiger partial charge in [0.2, 0.25) is 5.91 Å². The van der Waals surface area contributed by atoms with Crippen molar-refractivity contribution in [3.63, 3.8) is 0 Å². The van der Waals surface area contributed by atoms with Crippen LogP contribution in [-0.2, 0) is 16.1 Å². The minimum Gasteiger partial charge on any atom is -0.481 e. The van der Waals surface area contributed by atoms with E-state index in [9.17, 15) is 9.59 Å². The SMILES string of the molecule is CN(Cc1nc2ccccc2s1)C(=O)C1CC1C(=O)O. The zero-order valence-electron chi connectivity index (χ0n) is 10.9. The summed E-state index contributed by atoms with van der Waals surface area (Å²) in [6, 6.07) is 7.83. The maximum absolute atomic E-state index is 12.1. The number of carbonyl (C=O) groups excluding carboxylic acids is 1. The summed E-state index contributed by atoms with van der Waals surface area (Å²) in [5.74, 6) is -1.83. The Kier molecular flexibility index (Phi) is 3.17. The minimum absolute atomic E-state index is 0.100. The van der Waals surface area contributed by atoms with Crippen LogP contribution in [0.2, 0.25) is 0 Å². The van der Waals surface area contributed by atoms with Gasteiger partial charge in [0, 0.05) is 7.05 Å². The maximum atomic E-state index is 12.1. The number of nitrogens with zero attached hydrogens (tertiary/aromatic N) is 2. The van der Waals surface area contributed by atoms with Crippen LogP contribution in [0.25, 0.3) is 10.2 Å². The van der Waals surface area contributed by atoms with Gasteiger partial charge in [-0.1, -0.05) is 12.1 Å². The van der Waals surface area contributed by atoms with Crippen molar-refractivity contribution < 1.29 is 14.7 Å². The van der Waals surface area contributed by atoms with E-state index in [0.29, 0.717) is 13.0 Å². The number of carbonyl (C=O) groups is 2. The minimum atomic E-state index is -0.878. The highest BCUT2D eigenvalue weighted by molar-refractivity contribution is 7.18. The molecule has 0 bridgehead atoms. The van der Waals surface area contributed by atoms with E-state index in [1.807, 2.05) is 24.3 Å². The number of rotatable bonds is 4. The third kappa shape index (κ3) is 2.38. The number of aromatic nitrogens is 1. The van der Waals surface area contributed by atoms with Gasteiger partial charge in [0.1, 0.15) is 5.01 Å². The molecule has 0 radical (unpaired) electrons. The summed E-state index contributed by atoms with van der Waals surface area (Å²) >= 11 is 1.56. The van der Waals surface area contributed by atoms with Crippen molar-refractivity contribution in [2.75, 3.05) is 7.05 Å². The van der Waals surface area contributed by atoms with Crippen molar-refractivity contribution in [1.29, 1.82) is 0 Å². The fourth-order valence-electron chi connectivity index (χ4n) is 2.29. The fraction of sp³-hybridized carbons (Fsp3) is 0.357. The lowest BCUT2D eigenvalue weighted by atomic mass is 10.3. The first kappa shape index (κ1) is 13.1. The topological polar surface area (TPSA) is 70.5 Å². The lowest BCUT2D eigenvalue weighted by molar-refractivity contribution is -0.141. The van der Waals surface area contributed by atoms with Crippen LogP contribution in [0.3, 0.4) is 0 Å². The number of thiazole rings is 1. The first-order valence-corrected chi connectivity index (χ1v) is 7.20. The summed E-state index contributed by atoms with van der Waals surface area (Å²) in [4.78, 5) is 28.9. The van der Waals surface area contributed by atoms with Crippen LogP contribution in [0.5, 0.6) is 0 Å². The van der Waals surface area contributed by atoms with Crippen molar-refractivity contribution in [2.45, 2.75) is 13.0 Å². The van der Waals surface area contributed by atoms with E-state index in [1.54, 1.807) is 23.3 Å². The molecule has 2 aromatic rings. The lowest BCUT2D eigenvalue weighted by Gasteiger charge is -2.15. The number of hydrogen-bond donors (Lipinski definition) is 1. The molecule has 20 heavy (non-hydrogen) atoms. The molecule has 1 fully saturated rings. The second-order valence-corrected chi connectivity index (χ2v) is 6.17. The predicted molar refractivity (Wildman–Crippen MR) is 75.3 cm³/mol. The number of benzene rings is 1. The van der Waals surface area contributed by atoms with Crippen molar-refractivity contribution in [3.05, 3.63) is 29.3 Å². The molecule has 1 amide bonds. The number of carboxylic acid groups (broad SMARTS) is 1. The molecule has 1 heterocycles. The molecule has 2 atom stereocenters. The lowest BCUT2D eigenvalue weighted by Crippen LogP contribution is -2.28. The number of hydrogen-bond acceptors (Lipinski definition) is 4. The molecule has 6 heteroatoms. The number of aliphatic carboxylic acids is 1. The molecule has 3 rings (SSSR count). The Morgan fingerprint density at radius 2 is 2.15 bits per heavy atom. The van der Waals surface area contributed by atoms with Crippen LogP contribution < -0.4 is 0 Å². The molecule has 2 unspecified atom stereocenters. The van der Waals surface area contributed by atoms with Gasteiger partial charge >= 0.3 is 5.97 Å². The Hall–Kier alpha value is -1.95. The van der Waals surface area contributed by atoms with Crippen LogP contribution in [0.1, 0.15) is 11.4 Å². The predicted octanol–water partition coefficient (Wildman–Crippen LogP) is 1.98. The monoisotopic (exact) mass is 290 g/mol.